The van der Waals surface area contributed by atoms with Gasteiger partial charge < -0.3 is 18.8 Å². The van der Waals surface area contributed by atoms with E-state index >= 15 is 0 Å². The van der Waals surface area contributed by atoms with E-state index in [2.05, 4.69) is 0 Å². The van der Waals surface area contributed by atoms with E-state index in [1.165, 1.54) is 6.07 Å². The van der Waals surface area contributed by atoms with Gasteiger partial charge in [0.1, 0.15) is 17.3 Å². The van der Waals surface area contributed by atoms with Crippen molar-refractivity contribution in [3.8, 4) is 22.8 Å². The number of rotatable bonds is 5. The van der Waals surface area contributed by atoms with Gasteiger partial charge in [-0.05, 0) is 54.8 Å². The highest BCUT2D eigenvalue weighted by molar-refractivity contribution is 5.77. The van der Waals surface area contributed by atoms with Crippen LogP contribution in [-0.4, -0.2) is 30.6 Å². The first-order valence-corrected chi connectivity index (χ1v) is 11.2. The highest BCUT2D eigenvalue weighted by atomic mass is 19.1. The van der Waals surface area contributed by atoms with Gasteiger partial charge in [0, 0.05) is 25.8 Å². The lowest BCUT2D eigenvalue weighted by Crippen LogP contribution is -2.30. The largest absolute Gasteiger partial charge is 0.490 e. The number of carbonyl (C=O) groups excluding carboxylic acids is 1. The molecule has 2 aliphatic heterocycles. The van der Waals surface area contributed by atoms with Gasteiger partial charge in [0.2, 0.25) is 5.91 Å². The monoisotopic (exact) mass is 435 g/mol. The van der Waals surface area contributed by atoms with Crippen molar-refractivity contribution in [3.05, 3.63) is 71.7 Å². The summed E-state index contributed by atoms with van der Waals surface area (Å²) < 4.78 is 31.4. The fraction of sp³-hybridized carbons (Fsp3) is 0.346. The SMILES string of the molecule is O=C(CCc1ccc(-c2ccccc2F)o1)N1CCC[C@@H]1c1ccc2c(c1)OCCCO2. The Balaban J connectivity index is 1.25. The number of nitrogens with zero attached hydrogens (tertiary/aromatic N) is 1. The third-order valence-corrected chi connectivity index (χ3v) is 6.12. The van der Waals surface area contributed by atoms with Crippen molar-refractivity contribution in [2.75, 3.05) is 19.8 Å². The van der Waals surface area contributed by atoms with Gasteiger partial charge in [0.25, 0.3) is 0 Å². The van der Waals surface area contributed by atoms with Gasteiger partial charge in [-0.1, -0.05) is 18.2 Å². The summed E-state index contributed by atoms with van der Waals surface area (Å²) in [5, 5.41) is 0. The van der Waals surface area contributed by atoms with Crippen LogP contribution in [0.25, 0.3) is 11.3 Å². The Morgan fingerprint density at radius 1 is 1.00 bits per heavy atom. The van der Waals surface area contributed by atoms with Crippen molar-refractivity contribution in [3.63, 3.8) is 0 Å². The van der Waals surface area contributed by atoms with Gasteiger partial charge in [-0.25, -0.2) is 4.39 Å². The molecule has 2 aromatic carbocycles. The molecule has 32 heavy (non-hydrogen) atoms. The Bertz CT molecular complexity index is 1110. The molecule has 0 unspecified atom stereocenters. The molecule has 3 aromatic rings. The summed E-state index contributed by atoms with van der Waals surface area (Å²) in [7, 11) is 0. The normalized spacial score (nSPS) is 17.9. The van der Waals surface area contributed by atoms with Crippen LogP contribution in [0.2, 0.25) is 0 Å². The first-order chi connectivity index (χ1) is 15.7. The summed E-state index contributed by atoms with van der Waals surface area (Å²) in [4.78, 5) is 15.0. The Morgan fingerprint density at radius 2 is 1.84 bits per heavy atom. The predicted octanol–water partition coefficient (Wildman–Crippen LogP) is 5.54. The van der Waals surface area contributed by atoms with E-state index in [9.17, 15) is 9.18 Å². The molecule has 1 aromatic heterocycles. The fourth-order valence-corrected chi connectivity index (χ4v) is 4.49. The van der Waals surface area contributed by atoms with E-state index in [4.69, 9.17) is 13.9 Å². The van der Waals surface area contributed by atoms with Crippen LogP contribution in [0, 0.1) is 5.82 Å². The molecule has 1 saturated heterocycles. The van der Waals surface area contributed by atoms with Crippen molar-refractivity contribution in [2.45, 2.75) is 38.1 Å². The number of furan rings is 1. The van der Waals surface area contributed by atoms with Gasteiger partial charge in [0.15, 0.2) is 11.5 Å². The first kappa shape index (κ1) is 20.6. The Kier molecular flexibility index (Phi) is 5.84. The fourth-order valence-electron chi connectivity index (χ4n) is 4.49. The third kappa shape index (κ3) is 4.22. The molecule has 2 aliphatic rings. The van der Waals surface area contributed by atoms with Gasteiger partial charge >= 0.3 is 0 Å². The van der Waals surface area contributed by atoms with Gasteiger partial charge in [-0.3, -0.25) is 4.79 Å². The minimum Gasteiger partial charge on any atom is -0.490 e. The van der Waals surface area contributed by atoms with Crippen LogP contribution in [0.1, 0.15) is 43.0 Å². The molecule has 1 amide bonds. The zero-order chi connectivity index (χ0) is 21.9. The van der Waals surface area contributed by atoms with Crippen LogP contribution >= 0.6 is 0 Å². The molecule has 166 valence electrons. The summed E-state index contributed by atoms with van der Waals surface area (Å²) in [6, 6.07) is 16.2. The number of likely N-dealkylation sites (tertiary alicyclic amines) is 1. The zero-order valence-corrected chi connectivity index (χ0v) is 17.9. The number of aryl methyl sites for hydroxylation is 1. The number of hydrogen-bond donors (Lipinski definition) is 0. The maximum atomic E-state index is 14.0. The van der Waals surface area contributed by atoms with Crippen LogP contribution in [0.5, 0.6) is 11.5 Å². The van der Waals surface area contributed by atoms with E-state index in [-0.39, 0.29) is 17.8 Å². The summed E-state index contributed by atoms with van der Waals surface area (Å²) >= 11 is 0. The second-order valence-electron chi connectivity index (χ2n) is 8.25. The highest BCUT2D eigenvalue weighted by Gasteiger charge is 2.30. The predicted molar refractivity (Wildman–Crippen MR) is 118 cm³/mol. The lowest BCUT2D eigenvalue weighted by Gasteiger charge is -2.25. The standard InChI is InChI=1S/C26H26FNO4/c27-21-6-2-1-5-20(21)23-12-9-19(32-23)10-13-26(29)28-14-3-7-22(28)18-8-11-24-25(17-18)31-16-4-15-30-24/h1-2,5-6,8-9,11-12,17,22H,3-4,7,10,13-16H2/t22-/m1/s1. The quantitative estimate of drug-likeness (QED) is 0.528. The Morgan fingerprint density at radius 3 is 2.72 bits per heavy atom. The minimum atomic E-state index is -0.320. The van der Waals surface area contributed by atoms with Gasteiger partial charge in [-0.15, -0.1) is 0 Å². The Hall–Kier alpha value is -3.28. The average Bonchev–Trinajstić information content (AvgIpc) is 3.43. The van der Waals surface area contributed by atoms with E-state index in [0.717, 1.165) is 42.9 Å². The second kappa shape index (κ2) is 9.07. The summed E-state index contributed by atoms with van der Waals surface area (Å²) in [6.07, 6.45) is 3.61. The van der Waals surface area contributed by atoms with E-state index in [1.54, 1.807) is 24.3 Å². The summed E-state index contributed by atoms with van der Waals surface area (Å²) in [5.41, 5.74) is 1.51. The van der Waals surface area contributed by atoms with Crippen molar-refractivity contribution in [1.29, 1.82) is 0 Å². The number of amides is 1. The number of fused-ring (bicyclic) bond motifs is 1. The van der Waals surface area contributed by atoms with Crippen LogP contribution in [0.15, 0.2) is 59.0 Å². The van der Waals surface area contributed by atoms with E-state index in [1.807, 2.05) is 29.2 Å². The Labute approximate surface area is 186 Å². The van der Waals surface area contributed by atoms with E-state index < -0.39 is 0 Å². The molecule has 5 rings (SSSR count). The molecule has 0 N–H and O–H groups in total. The zero-order valence-electron chi connectivity index (χ0n) is 17.9. The highest BCUT2D eigenvalue weighted by Crippen LogP contribution is 2.38. The number of carbonyl (C=O) groups is 1. The van der Waals surface area contributed by atoms with Gasteiger partial charge in [0.05, 0.1) is 24.8 Å². The molecule has 1 atom stereocenters. The van der Waals surface area contributed by atoms with Crippen LogP contribution in [0.3, 0.4) is 0 Å². The van der Waals surface area contributed by atoms with Crippen molar-refractivity contribution < 1.29 is 23.1 Å². The van der Waals surface area contributed by atoms with Gasteiger partial charge in [-0.2, -0.15) is 0 Å². The molecule has 3 heterocycles. The first-order valence-electron chi connectivity index (χ1n) is 11.2. The second-order valence-corrected chi connectivity index (χ2v) is 8.25. The van der Waals surface area contributed by atoms with Crippen molar-refractivity contribution >= 4 is 5.91 Å². The molecule has 0 radical (unpaired) electrons. The summed E-state index contributed by atoms with van der Waals surface area (Å²) in [6.45, 7) is 2.05. The molecule has 0 spiro atoms. The minimum absolute atomic E-state index is 0.0465. The third-order valence-electron chi connectivity index (χ3n) is 6.12. The molecule has 5 nitrogen and oxygen atoms in total. The number of hydrogen-bond acceptors (Lipinski definition) is 4. The topological polar surface area (TPSA) is 51.9 Å². The van der Waals surface area contributed by atoms with E-state index in [0.29, 0.717) is 43.1 Å². The number of benzene rings is 2. The maximum Gasteiger partial charge on any atom is 0.223 e. The number of halogens is 1. The number of ether oxygens (including phenoxy) is 2. The van der Waals surface area contributed by atoms with Crippen molar-refractivity contribution in [2.24, 2.45) is 0 Å². The molecule has 0 bridgehead atoms. The smallest absolute Gasteiger partial charge is 0.223 e. The van der Waals surface area contributed by atoms with Crippen LogP contribution < -0.4 is 9.47 Å². The molecule has 1 fully saturated rings. The van der Waals surface area contributed by atoms with Crippen LogP contribution in [-0.2, 0) is 11.2 Å². The molecule has 0 saturated carbocycles. The summed E-state index contributed by atoms with van der Waals surface area (Å²) in [5.74, 6) is 2.48. The van der Waals surface area contributed by atoms with Crippen molar-refractivity contribution in [1.82, 2.24) is 4.90 Å². The lowest BCUT2D eigenvalue weighted by atomic mass is 10.0. The van der Waals surface area contributed by atoms with Crippen LogP contribution in [0.4, 0.5) is 4.39 Å². The molecule has 0 aliphatic carbocycles. The maximum absolute atomic E-state index is 14.0. The molecular formula is C26H26FNO4. The lowest BCUT2D eigenvalue weighted by molar-refractivity contribution is -0.132. The molecule has 6 heteroatoms. The molecular weight excluding hydrogens is 409 g/mol. The average molecular weight is 435 g/mol.